The van der Waals surface area contributed by atoms with Gasteiger partial charge in [-0.05, 0) is 44.9 Å². The number of allylic oxidation sites excluding steroid dienone is 5. The predicted octanol–water partition coefficient (Wildman–Crippen LogP) is 14.2. The monoisotopic (exact) mass is 911 g/mol. The van der Waals surface area contributed by atoms with Crippen LogP contribution in [0, 0.1) is 0 Å². The summed E-state index contributed by atoms with van der Waals surface area (Å²) >= 11 is 0. The molecule has 1 rings (SSSR count). The maximum Gasteiger partial charge on any atom is 0.472 e. The Bertz CT molecular complexity index is 1230. The number of phosphoric acid groups is 1. The number of likely N-dealkylation sites (N-methyl/N-ethyl adjacent to an activating group) is 1. The average molecular weight is 911 g/mol. The lowest BCUT2D eigenvalue weighted by Crippen LogP contribution is -2.37. The van der Waals surface area contributed by atoms with Gasteiger partial charge in [-0.3, -0.25) is 18.6 Å². The van der Waals surface area contributed by atoms with E-state index in [1.54, 1.807) is 0 Å². The number of nitrogens with zero attached hydrogens (tertiary/aromatic N) is 1. The van der Waals surface area contributed by atoms with Crippen LogP contribution in [0.4, 0.5) is 0 Å². The first-order valence-electron chi connectivity index (χ1n) is 25.8. The van der Waals surface area contributed by atoms with Gasteiger partial charge >= 0.3 is 19.8 Å². The largest absolute Gasteiger partial charge is 0.472 e. The Hall–Kier alpha value is -1.81. The summed E-state index contributed by atoms with van der Waals surface area (Å²) < 4.78 is 40.1. The van der Waals surface area contributed by atoms with Gasteiger partial charge in [0, 0.05) is 12.8 Å². The number of quaternary nitrogens is 1. The van der Waals surface area contributed by atoms with Gasteiger partial charge in [0.05, 0.1) is 40.0 Å². The summed E-state index contributed by atoms with van der Waals surface area (Å²) in [5.41, 5.74) is 0. The predicted molar refractivity (Wildman–Crippen MR) is 261 cm³/mol. The normalized spacial score (nSPS) is 16.9. The standard InChI is InChI=1S/C52H96NO9P/c1-6-8-10-11-12-13-14-15-16-17-18-19-20-21-22-23-24-29-32-35-39-43-52(55)61-48(47-60-63(56,57)59-45-44-53(3,4)5)46-58-51(54)42-38-34-31-28-26-25-27-30-33-37-41-50-49(62-50)40-36-9-7-2/h25,27-28,31,33,37,48-50H,6-24,26,29-30,32,34-36,38-47H2,1-5H3/p+1/b27-25-,31-28-,37-33-/t48-,49?,50?/m1/s1. The minimum Gasteiger partial charge on any atom is -0.462 e. The van der Waals surface area contributed by atoms with Crippen molar-refractivity contribution in [2.75, 3.05) is 47.5 Å². The van der Waals surface area contributed by atoms with E-state index in [9.17, 15) is 19.0 Å². The topological polar surface area (TPSA) is 121 Å². The van der Waals surface area contributed by atoms with E-state index in [2.05, 4.69) is 50.3 Å². The van der Waals surface area contributed by atoms with Gasteiger partial charge in [-0.15, -0.1) is 0 Å². The molecule has 0 spiro atoms. The maximum atomic E-state index is 12.8. The van der Waals surface area contributed by atoms with Crippen molar-refractivity contribution < 1.29 is 46.8 Å². The van der Waals surface area contributed by atoms with E-state index in [1.807, 2.05) is 21.1 Å². The number of hydrogen-bond acceptors (Lipinski definition) is 8. The molecule has 0 saturated carbocycles. The third-order valence-electron chi connectivity index (χ3n) is 11.6. The molecule has 11 heteroatoms. The van der Waals surface area contributed by atoms with Gasteiger partial charge < -0.3 is 23.6 Å². The van der Waals surface area contributed by atoms with Crippen LogP contribution >= 0.6 is 7.82 Å². The van der Waals surface area contributed by atoms with Gasteiger partial charge in [0.1, 0.15) is 19.8 Å². The Balaban J connectivity index is 2.22. The molecule has 1 aliphatic heterocycles. The van der Waals surface area contributed by atoms with E-state index in [1.165, 1.54) is 141 Å². The Morgan fingerprint density at radius 3 is 1.60 bits per heavy atom. The quantitative estimate of drug-likeness (QED) is 0.0159. The fourth-order valence-electron chi connectivity index (χ4n) is 7.46. The number of hydrogen-bond donors (Lipinski definition) is 1. The molecule has 10 nitrogen and oxygen atoms in total. The van der Waals surface area contributed by atoms with Crippen LogP contribution in [-0.2, 0) is 37.4 Å². The fourth-order valence-corrected chi connectivity index (χ4v) is 8.20. The molecule has 1 N–H and O–H groups in total. The Labute approximate surface area is 386 Å². The molecule has 0 amide bonds. The summed E-state index contributed by atoms with van der Waals surface area (Å²) in [5.74, 6) is -0.860. The minimum atomic E-state index is -4.39. The van der Waals surface area contributed by atoms with Crippen LogP contribution in [-0.4, -0.2) is 87.1 Å². The first kappa shape index (κ1) is 59.2. The number of ether oxygens (including phenoxy) is 3. The molecular formula is C52H97NO9P+. The van der Waals surface area contributed by atoms with E-state index in [4.69, 9.17) is 23.3 Å². The summed E-state index contributed by atoms with van der Waals surface area (Å²) in [6.07, 6.45) is 49.5. The molecular weight excluding hydrogens is 814 g/mol. The fraction of sp³-hybridized carbons (Fsp3) is 0.846. The zero-order valence-electron chi connectivity index (χ0n) is 41.3. The first-order valence-corrected chi connectivity index (χ1v) is 27.3. The van der Waals surface area contributed by atoms with Crippen molar-refractivity contribution in [1.29, 1.82) is 0 Å². The number of rotatable bonds is 46. The first-order chi connectivity index (χ1) is 30.5. The summed E-state index contributed by atoms with van der Waals surface area (Å²) in [4.78, 5) is 35.5. The second kappa shape index (κ2) is 40.5. The highest BCUT2D eigenvalue weighted by Crippen LogP contribution is 2.43. The summed E-state index contributed by atoms with van der Waals surface area (Å²) in [7, 11) is 1.45. The maximum absolute atomic E-state index is 12.8. The van der Waals surface area contributed by atoms with E-state index in [0.29, 0.717) is 36.1 Å². The number of carbonyl (C=O) groups is 2. The van der Waals surface area contributed by atoms with E-state index in [0.717, 1.165) is 38.5 Å². The molecule has 1 heterocycles. The van der Waals surface area contributed by atoms with Crippen molar-refractivity contribution in [3.05, 3.63) is 36.5 Å². The summed E-state index contributed by atoms with van der Waals surface area (Å²) in [5, 5.41) is 0. The molecule has 1 fully saturated rings. The van der Waals surface area contributed by atoms with E-state index in [-0.39, 0.29) is 26.1 Å². The van der Waals surface area contributed by atoms with E-state index < -0.39 is 32.5 Å². The van der Waals surface area contributed by atoms with Crippen molar-refractivity contribution in [2.24, 2.45) is 0 Å². The summed E-state index contributed by atoms with van der Waals surface area (Å²) in [6.45, 7) is 4.35. The number of phosphoric ester groups is 1. The smallest absolute Gasteiger partial charge is 0.462 e. The van der Waals surface area contributed by atoms with Gasteiger partial charge in [0.25, 0.3) is 0 Å². The molecule has 0 radical (unpaired) electrons. The van der Waals surface area contributed by atoms with Gasteiger partial charge in [0.15, 0.2) is 6.10 Å². The van der Waals surface area contributed by atoms with Gasteiger partial charge in [-0.2, -0.15) is 0 Å². The molecule has 1 saturated heterocycles. The number of epoxide rings is 1. The highest BCUT2D eigenvalue weighted by Gasteiger charge is 2.36. The second-order valence-corrected chi connectivity index (χ2v) is 20.4. The molecule has 3 unspecified atom stereocenters. The van der Waals surface area contributed by atoms with Crippen molar-refractivity contribution in [2.45, 2.75) is 238 Å². The van der Waals surface area contributed by atoms with Crippen LogP contribution in [0.5, 0.6) is 0 Å². The molecule has 0 aromatic rings. The van der Waals surface area contributed by atoms with Crippen LogP contribution in [0.1, 0.15) is 219 Å². The van der Waals surface area contributed by atoms with Crippen LogP contribution in [0.3, 0.4) is 0 Å². The SMILES string of the molecule is CCCCCCCCCCCCCCCCCCCCCCCC(=O)O[C@H](COC(=O)CCC/C=C\C/C=C\C/C=C\CC1OC1CCCCC)COP(=O)(O)OCC[N+](C)(C)C. The molecule has 63 heavy (non-hydrogen) atoms. The van der Waals surface area contributed by atoms with E-state index >= 15 is 0 Å². The number of esters is 2. The van der Waals surface area contributed by atoms with Crippen molar-refractivity contribution >= 4 is 19.8 Å². The molecule has 0 bridgehead atoms. The molecule has 1 aliphatic rings. The van der Waals surface area contributed by atoms with Gasteiger partial charge in [-0.1, -0.05) is 198 Å². The number of unbranched alkanes of at least 4 members (excludes halogenated alkanes) is 23. The molecule has 0 aromatic carbocycles. The van der Waals surface area contributed by atoms with Crippen LogP contribution in [0.15, 0.2) is 36.5 Å². The molecule has 0 aliphatic carbocycles. The zero-order chi connectivity index (χ0) is 46.1. The summed E-state index contributed by atoms with van der Waals surface area (Å²) in [6, 6.07) is 0. The third-order valence-corrected chi connectivity index (χ3v) is 12.6. The Morgan fingerprint density at radius 1 is 0.587 bits per heavy atom. The molecule has 368 valence electrons. The molecule has 4 atom stereocenters. The van der Waals surface area contributed by atoms with Crippen LogP contribution < -0.4 is 0 Å². The highest BCUT2D eigenvalue weighted by atomic mass is 31.2. The minimum absolute atomic E-state index is 0.0223. The third kappa shape index (κ3) is 41.4. The highest BCUT2D eigenvalue weighted by molar-refractivity contribution is 7.47. The van der Waals surface area contributed by atoms with Crippen LogP contribution in [0.2, 0.25) is 0 Å². The van der Waals surface area contributed by atoms with Gasteiger partial charge in [0.2, 0.25) is 0 Å². The molecule has 0 aromatic heterocycles. The zero-order valence-corrected chi connectivity index (χ0v) is 42.2. The lowest BCUT2D eigenvalue weighted by Gasteiger charge is -2.24. The number of carbonyl (C=O) groups excluding carboxylic acids is 2. The lowest BCUT2D eigenvalue weighted by molar-refractivity contribution is -0.870. The van der Waals surface area contributed by atoms with Crippen molar-refractivity contribution in [3.63, 3.8) is 0 Å². The van der Waals surface area contributed by atoms with Crippen molar-refractivity contribution in [3.8, 4) is 0 Å². The Morgan fingerprint density at radius 2 is 1.06 bits per heavy atom. The lowest BCUT2D eigenvalue weighted by atomic mass is 10.0. The van der Waals surface area contributed by atoms with Gasteiger partial charge in [-0.25, -0.2) is 4.57 Å². The van der Waals surface area contributed by atoms with Crippen molar-refractivity contribution in [1.82, 2.24) is 0 Å². The Kier molecular flexibility index (Phi) is 38.0. The second-order valence-electron chi connectivity index (χ2n) is 18.9. The van der Waals surface area contributed by atoms with Crippen LogP contribution in [0.25, 0.3) is 0 Å². The average Bonchev–Trinajstić information content (AvgIpc) is 3.99.